The third-order valence-electron chi connectivity index (χ3n) is 4.38. The summed E-state index contributed by atoms with van der Waals surface area (Å²) in [6.07, 6.45) is 0. The van der Waals surface area contributed by atoms with Crippen molar-refractivity contribution in [2.24, 2.45) is 0 Å². The van der Waals surface area contributed by atoms with Crippen molar-refractivity contribution >= 4 is 17.5 Å². The van der Waals surface area contributed by atoms with Gasteiger partial charge in [-0.3, -0.25) is 0 Å². The van der Waals surface area contributed by atoms with Gasteiger partial charge in [-0.1, -0.05) is 24.3 Å². The van der Waals surface area contributed by atoms with Crippen molar-refractivity contribution in [1.29, 1.82) is 0 Å². The fourth-order valence-electron chi connectivity index (χ4n) is 3.06. The van der Waals surface area contributed by atoms with Gasteiger partial charge in [0.25, 0.3) is 0 Å². The Morgan fingerprint density at radius 3 is 2.63 bits per heavy atom. The minimum Gasteiger partial charge on any atom is -0.454 e. The van der Waals surface area contributed by atoms with Crippen molar-refractivity contribution in [3.05, 3.63) is 65.9 Å². The minimum atomic E-state index is 0.285. The number of aromatic nitrogens is 2. The van der Waals surface area contributed by atoms with Gasteiger partial charge in [0.15, 0.2) is 11.5 Å². The molecule has 2 aromatic carbocycles. The highest BCUT2D eigenvalue weighted by molar-refractivity contribution is 5.58. The molecule has 3 aromatic rings. The van der Waals surface area contributed by atoms with Crippen molar-refractivity contribution in [3.63, 3.8) is 0 Å². The highest BCUT2D eigenvalue weighted by atomic mass is 16.7. The number of nitrogens with one attached hydrogen (secondary N) is 1. The third-order valence-corrected chi connectivity index (χ3v) is 4.38. The van der Waals surface area contributed by atoms with Gasteiger partial charge >= 0.3 is 0 Å². The molecule has 0 saturated carbocycles. The molecule has 6 nitrogen and oxygen atoms in total. The number of para-hydroxylation sites is 1. The van der Waals surface area contributed by atoms with Crippen LogP contribution in [0.15, 0.2) is 54.6 Å². The van der Waals surface area contributed by atoms with Crippen LogP contribution < -0.4 is 19.7 Å². The normalized spacial score (nSPS) is 12.1. The number of hydrogen-bond donors (Lipinski definition) is 1. The summed E-state index contributed by atoms with van der Waals surface area (Å²) in [5, 5.41) is 3.39. The van der Waals surface area contributed by atoms with E-state index < -0.39 is 0 Å². The molecule has 4 rings (SSSR count). The van der Waals surface area contributed by atoms with E-state index in [9.17, 15) is 0 Å². The van der Waals surface area contributed by atoms with Gasteiger partial charge in [-0.15, -0.1) is 0 Å². The van der Waals surface area contributed by atoms with Crippen LogP contribution in [0.4, 0.5) is 17.5 Å². The lowest BCUT2D eigenvalue weighted by Gasteiger charge is -2.22. The van der Waals surface area contributed by atoms with E-state index in [1.165, 1.54) is 0 Å². The van der Waals surface area contributed by atoms with Crippen LogP contribution in [0.5, 0.6) is 11.5 Å². The Bertz CT molecular complexity index is 931. The average Bonchev–Trinajstić information content (AvgIpc) is 3.15. The fraction of sp³-hybridized carbons (Fsp3) is 0.238. The quantitative estimate of drug-likeness (QED) is 0.706. The SMILES string of the molecule is CCN(c1ccccc1)c1nc(C)cc(NCc2ccc3c(c2)OCO3)n1. The third kappa shape index (κ3) is 3.79. The lowest BCUT2D eigenvalue weighted by atomic mass is 10.2. The van der Waals surface area contributed by atoms with Crippen LogP contribution in [0.2, 0.25) is 0 Å². The second-order valence-electron chi connectivity index (χ2n) is 6.32. The van der Waals surface area contributed by atoms with E-state index >= 15 is 0 Å². The van der Waals surface area contributed by atoms with Crippen LogP contribution in [-0.4, -0.2) is 23.3 Å². The van der Waals surface area contributed by atoms with E-state index in [0.717, 1.165) is 40.8 Å². The Hall–Kier alpha value is -3.28. The molecule has 0 unspecified atom stereocenters. The van der Waals surface area contributed by atoms with Gasteiger partial charge < -0.3 is 19.7 Å². The number of rotatable bonds is 6. The maximum Gasteiger partial charge on any atom is 0.232 e. The summed E-state index contributed by atoms with van der Waals surface area (Å²) >= 11 is 0. The van der Waals surface area contributed by atoms with E-state index in [2.05, 4.69) is 34.3 Å². The second-order valence-corrected chi connectivity index (χ2v) is 6.32. The molecule has 0 fully saturated rings. The zero-order chi connectivity index (χ0) is 18.6. The molecule has 1 N–H and O–H groups in total. The van der Waals surface area contributed by atoms with Gasteiger partial charge in [0.2, 0.25) is 12.7 Å². The van der Waals surface area contributed by atoms with Gasteiger partial charge in [-0.2, -0.15) is 4.98 Å². The molecule has 0 atom stereocenters. The molecular formula is C21H22N4O2. The first kappa shape index (κ1) is 17.1. The molecule has 0 saturated heterocycles. The van der Waals surface area contributed by atoms with Crippen molar-refractivity contribution in [3.8, 4) is 11.5 Å². The Balaban J connectivity index is 1.53. The van der Waals surface area contributed by atoms with Crippen LogP contribution in [0, 0.1) is 6.92 Å². The number of benzene rings is 2. The first-order chi connectivity index (χ1) is 13.2. The number of nitrogens with zero attached hydrogens (tertiary/aromatic N) is 3. The summed E-state index contributed by atoms with van der Waals surface area (Å²) in [5.41, 5.74) is 3.10. The summed E-state index contributed by atoms with van der Waals surface area (Å²) in [5.74, 6) is 3.07. The lowest BCUT2D eigenvalue weighted by Crippen LogP contribution is -2.19. The van der Waals surface area contributed by atoms with E-state index in [-0.39, 0.29) is 6.79 Å². The fourth-order valence-corrected chi connectivity index (χ4v) is 3.06. The van der Waals surface area contributed by atoms with E-state index in [0.29, 0.717) is 12.5 Å². The van der Waals surface area contributed by atoms with Crippen LogP contribution in [0.25, 0.3) is 0 Å². The number of aryl methyl sites for hydroxylation is 1. The van der Waals surface area contributed by atoms with E-state index in [4.69, 9.17) is 14.5 Å². The Morgan fingerprint density at radius 2 is 1.81 bits per heavy atom. The number of anilines is 3. The topological polar surface area (TPSA) is 59.5 Å². The molecule has 0 aliphatic carbocycles. The predicted molar refractivity (Wildman–Crippen MR) is 106 cm³/mol. The summed E-state index contributed by atoms with van der Waals surface area (Å²) in [7, 11) is 0. The number of fused-ring (bicyclic) bond motifs is 1. The van der Waals surface area contributed by atoms with E-state index in [1.54, 1.807) is 0 Å². The standard InChI is InChI=1S/C21H22N4O2/c1-3-25(17-7-5-4-6-8-17)21-23-15(2)11-20(24-21)22-13-16-9-10-18-19(12-16)27-14-26-18/h4-12H,3,13-14H2,1-2H3,(H,22,23,24). The maximum absolute atomic E-state index is 5.44. The maximum atomic E-state index is 5.44. The molecule has 0 amide bonds. The Kier molecular flexibility index (Phi) is 4.78. The van der Waals surface area contributed by atoms with Gasteiger partial charge in [-0.05, 0) is 43.7 Å². The largest absolute Gasteiger partial charge is 0.454 e. The van der Waals surface area contributed by atoms with Crippen LogP contribution in [0.1, 0.15) is 18.2 Å². The smallest absolute Gasteiger partial charge is 0.232 e. The first-order valence-corrected chi connectivity index (χ1v) is 9.03. The zero-order valence-corrected chi connectivity index (χ0v) is 15.5. The molecule has 1 aliphatic rings. The monoisotopic (exact) mass is 362 g/mol. The Labute approximate surface area is 158 Å². The van der Waals surface area contributed by atoms with E-state index in [1.807, 2.05) is 49.4 Å². The molecule has 0 spiro atoms. The van der Waals surface area contributed by atoms with Crippen molar-refractivity contribution in [1.82, 2.24) is 9.97 Å². The average molecular weight is 362 g/mol. The van der Waals surface area contributed by atoms with Crippen molar-refractivity contribution in [2.45, 2.75) is 20.4 Å². The van der Waals surface area contributed by atoms with Gasteiger partial charge in [0.05, 0.1) is 0 Å². The molecule has 138 valence electrons. The lowest BCUT2D eigenvalue weighted by molar-refractivity contribution is 0.174. The molecule has 6 heteroatoms. The molecule has 2 heterocycles. The van der Waals surface area contributed by atoms with Crippen LogP contribution in [-0.2, 0) is 6.54 Å². The summed E-state index contributed by atoms with van der Waals surface area (Å²) in [6.45, 7) is 5.79. The van der Waals surface area contributed by atoms with Gasteiger partial charge in [0, 0.05) is 30.5 Å². The molecule has 0 radical (unpaired) electrons. The number of hydrogen-bond acceptors (Lipinski definition) is 6. The molecule has 0 bridgehead atoms. The van der Waals surface area contributed by atoms with Gasteiger partial charge in [-0.25, -0.2) is 4.98 Å². The number of ether oxygens (including phenoxy) is 2. The van der Waals surface area contributed by atoms with Crippen molar-refractivity contribution < 1.29 is 9.47 Å². The molecule has 1 aliphatic heterocycles. The van der Waals surface area contributed by atoms with Crippen LogP contribution >= 0.6 is 0 Å². The second kappa shape index (κ2) is 7.53. The summed E-state index contributed by atoms with van der Waals surface area (Å²) in [4.78, 5) is 11.4. The molecule has 1 aromatic heterocycles. The summed E-state index contributed by atoms with van der Waals surface area (Å²) in [6, 6.07) is 18.1. The first-order valence-electron chi connectivity index (χ1n) is 9.03. The van der Waals surface area contributed by atoms with Crippen molar-refractivity contribution in [2.75, 3.05) is 23.6 Å². The molecular weight excluding hydrogens is 340 g/mol. The van der Waals surface area contributed by atoms with Gasteiger partial charge in [0.1, 0.15) is 5.82 Å². The highest BCUT2D eigenvalue weighted by Gasteiger charge is 2.14. The van der Waals surface area contributed by atoms with Crippen LogP contribution in [0.3, 0.4) is 0 Å². The summed E-state index contributed by atoms with van der Waals surface area (Å²) < 4.78 is 10.8. The minimum absolute atomic E-state index is 0.285. The predicted octanol–water partition coefficient (Wildman–Crippen LogP) is 4.28. The highest BCUT2D eigenvalue weighted by Crippen LogP contribution is 2.32. The molecule has 27 heavy (non-hydrogen) atoms. The Morgan fingerprint density at radius 1 is 1.00 bits per heavy atom. The zero-order valence-electron chi connectivity index (χ0n) is 15.5.